The zero-order chi connectivity index (χ0) is 27.5. The number of ether oxygens (including phenoxy) is 2. The average molecular weight is 551 g/mol. The zero-order valence-electron chi connectivity index (χ0n) is 21.6. The van der Waals surface area contributed by atoms with Gasteiger partial charge in [-0.1, -0.05) is 0 Å². The molecule has 1 saturated carbocycles. The van der Waals surface area contributed by atoms with Gasteiger partial charge in [0.2, 0.25) is 0 Å². The number of halogens is 3. The number of anilines is 1. The van der Waals surface area contributed by atoms with Crippen LogP contribution in [0.25, 0.3) is 28.0 Å². The molecule has 3 aromatic heterocycles. The number of rotatable bonds is 2. The number of nitrogens with one attached hydrogen (secondary N) is 1. The highest BCUT2D eigenvalue weighted by Crippen LogP contribution is 2.45. The Morgan fingerprint density at radius 1 is 1.02 bits per heavy atom. The van der Waals surface area contributed by atoms with Gasteiger partial charge in [0.1, 0.15) is 42.0 Å². The third kappa shape index (κ3) is 3.96. The molecule has 206 valence electrons. The van der Waals surface area contributed by atoms with Gasteiger partial charge in [-0.3, -0.25) is 4.98 Å². The summed E-state index contributed by atoms with van der Waals surface area (Å²) in [6, 6.07) is 4.55. The van der Waals surface area contributed by atoms with Crippen molar-refractivity contribution in [2.75, 3.05) is 37.7 Å². The van der Waals surface area contributed by atoms with E-state index in [9.17, 15) is 9.18 Å². The maximum absolute atomic E-state index is 15.9. The SMILES string of the molecule is CC1CNCCN1c1nc(=O)n2c3nc(c(F)cc13)-c1c(F)ccc(F)c1OCCOc1ccnc(C3CC3)c1-2. The number of fused-ring (bicyclic) bond motifs is 5. The molecule has 1 aliphatic carbocycles. The molecule has 1 atom stereocenters. The molecular weight excluding hydrogens is 525 g/mol. The van der Waals surface area contributed by atoms with E-state index in [1.54, 1.807) is 12.3 Å². The van der Waals surface area contributed by atoms with Crippen LogP contribution in [0.3, 0.4) is 0 Å². The normalized spacial score (nSPS) is 18.8. The maximum Gasteiger partial charge on any atom is 0.356 e. The van der Waals surface area contributed by atoms with Gasteiger partial charge in [-0.25, -0.2) is 27.5 Å². The van der Waals surface area contributed by atoms with Crippen LogP contribution < -0.4 is 25.4 Å². The van der Waals surface area contributed by atoms with Gasteiger partial charge >= 0.3 is 5.69 Å². The number of hydrogen-bond donors (Lipinski definition) is 1. The summed E-state index contributed by atoms with van der Waals surface area (Å²) >= 11 is 0. The standard InChI is InChI=1S/C28H25F3N6O3/c1-14-13-32-8-9-36(14)26-16-12-19(31)23-21-17(29)4-5-18(30)25(21)40-11-10-39-20-6-7-33-22(15-2-3-15)24(20)37(27(16)34-23)28(38)35-26/h4-7,12,14-15,32H,2-3,8-11,13H2,1H3. The number of piperazine rings is 1. The number of benzene rings is 1. The van der Waals surface area contributed by atoms with Gasteiger partial charge in [-0.15, -0.1) is 0 Å². The van der Waals surface area contributed by atoms with Gasteiger partial charge in [0.05, 0.1) is 16.6 Å². The smallest absolute Gasteiger partial charge is 0.356 e. The highest BCUT2D eigenvalue weighted by molar-refractivity contribution is 5.91. The summed E-state index contributed by atoms with van der Waals surface area (Å²) in [5.41, 5.74) is -0.578. The molecule has 1 N–H and O–H groups in total. The highest BCUT2D eigenvalue weighted by atomic mass is 19.1. The van der Waals surface area contributed by atoms with E-state index in [-0.39, 0.29) is 42.0 Å². The zero-order valence-corrected chi connectivity index (χ0v) is 21.6. The lowest BCUT2D eigenvalue weighted by molar-refractivity contribution is 0.211. The molecule has 2 aliphatic heterocycles. The summed E-state index contributed by atoms with van der Waals surface area (Å²) < 4.78 is 59.0. The van der Waals surface area contributed by atoms with Gasteiger partial charge in [0.25, 0.3) is 0 Å². The fourth-order valence-electron chi connectivity index (χ4n) is 5.50. The van der Waals surface area contributed by atoms with Crippen LogP contribution in [-0.4, -0.2) is 58.4 Å². The summed E-state index contributed by atoms with van der Waals surface area (Å²) in [5.74, 6) is -2.47. The molecule has 2 fully saturated rings. The Morgan fingerprint density at radius 3 is 2.62 bits per heavy atom. The molecule has 9 nitrogen and oxygen atoms in total. The van der Waals surface area contributed by atoms with Crippen molar-refractivity contribution in [1.82, 2.24) is 24.8 Å². The largest absolute Gasteiger partial charge is 0.488 e. The minimum Gasteiger partial charge on any atom is -0.488 e. The third-order valence-corrected chi connectivity index (χ3v) is 7.56. The minimum atomic E-state index is -0.917. The molecule has 5 heterocycles. The van der Waals surface area contributed by atoms with E-state index >= 15 is 8.78 Å². The van der Waals surface area contributed by atoms with Crippen LogP contribution in [0.15, 0.2) is 35.3 Å². The van der Waals surface area contributed by atoms with Crippen molar-refractivity contribution in [3.63, 3.8) is 0 Å². The quantitative estimate of drug-likeness (QED) is 0.404. The number of aromatic nitrogens is 4. The first kappa shape index (κ1) is 24.8. The molecule has 40 heavy (non-hydrogen) atoms. The van der Waals surface area contributed by atoms with E-state index < -0.39 is 40.1 Å². The highest BCUT2D eigenvalue weighted by Gasteiger charge is 2.34. The van der Waals surface area contributed by atoms with Gasteiger partial charge in [0, 0.05) is 43.9 Å². The predicted molar refractivity (Wildman–Crippen MR) is 141 cm³/mol. The fraction of sp³-hybridized carbons (Fsp3) is 0.357. The molecule has 1 aromatic carbocycles. The Hall–Kier alpha value is -4.19. The first-order valence-corrected chi connectivity index (χ1v) is 13.3. The lowest BCUT2D eigenvalue weighted by atomic mass is 10.1. The molecule has 0 spiro atoms. The second kappa shape index (κ2) is 9.47. The molecule has 0 radical (unpaired) electrons. The lowest BCUT2D eigenvalue weighted by Crippen LogP contribution is -2.50. The van der Waals surface area contributed by atoms with Crippen LogP contribution >= 0.6 is 0 Å². The Kier molecular flexibility index (Phi) is 5.88. The van der Waals surface area contributed by atoms with Crippen LogP contribution in [0, 0.1) is 17.5 Å². The first-order valence-electron chi connectivity index (χ1n) is 13.3. The monoisotopic (exact) mass is 550 g/mol. The van der Waals surface area contributed by atoms with E-state index in [0.29, 0.717) is 36.8 Å². The predicted octanol–water partition coefficient (Wildman–Crippen LogP) is 3.71. The summed E-state index contributed by atoms with van der Waals surface area (Å²) in [5, 5.41) is 3.54. The Balaban J connectivity index is 1.62. The first-order chi connectivity index (χ1) is 19.4. The fourth-order valence-corrected chi connectivity index (χ4v) is 5.50. The van der Waals surface area contributed by atoms with Crippen molar-refractivity contribution in [2.45, 2.75) is 31.7 Å². The lowest BCUT2D eigenvalue weighted by Gasteiger charge is -2.35. The van der Waals surface area contributed by atoms with Gasteiger partial charge in [-0.05, 0) is 38.0 Å². The maximum atomic E-state index is 15.9. The molecule has 1 unspecified atom stereocenters. The van der Waals surface area contributed by atoms with Crippen molar-refractivity contribution < 1.29 is 22.6 Å². The Labute approximate surface area is 226 Å². The molecule has 3 aliphatic rings. The molecule has 7 rings (SSSR count). The molecule has 4 aromatic rings. The number of hydrogen-bond acceptors (Lipinski definition) is 8. The van der Waals surface area contributed by atoms with E-state index in [4.69, 9.17) is 9.47 Å². The number of pyridine rings is 2. The van der Waals surface area contributed by atoms with E-state index in [1.807, 2.05) is 11.8 Å². The summed E-state index contributed by atoms with van der Waals surface area (Å²) in [6.07, 6.45) is 3.36. The van der Waals surface area contributed by atoms with Gasteiger partial charge < -0.3 is 19.7 Å². The molecule has 0 amide bonds. The topological polar surface area (TPSA) is 94.4 Å². The van der Waals surface area contributed by atoms with Crippen molar-refractivity contribution >= 4 is 16.9 Å². The van der Waals surface area contributed by atoms with E-state index in [1.165, 1.54) is 10.6 Å². The van der Waals surface area contributed by atoms with E-state index in [0.717, 1.165) is 25.0 Å². The van der Waals surface area contributed by atoms with Crippen LogP contribution in [0.4, 0.5) is 19.0 Å². The van der Waals surface area contributed by atoms with Crippen LogP contribution in [0.2, 0.25) is 0 Å². The van der Waals surface area contributed by atoms with Crippen molar-refractivity contribution in [2.24, 2.45) is 0 Å². The molecule has 12 heteroatoms. The van der Waals surface area contributed by atoms with Gasteiger partial charge in [-0.2, -0.15) is 4.98 Å². The summed E-state index contributed by atoms with van der Waals surface area (Å²) in [4.78, 5) is 29.4. The number of nitrogens with zero attached hydrogens (tertiary/aromatic N) is 5. The molecule has 1 saturated heterocycles. The summed E-state index contributed by atoms with van der Waals surface area (Å²) in [6.45, 7) is 3.56. The van der Waals surface area contributed by atoms with Crippen LogP contribution in [-0.2, 0) is 0 Å². The second-order valence-electron chi connectivity index (χ2n) is 10.2. The molecular formula is C28H25F3N6O3. The average Bonchev–Trinajstić information content (AvgIpc) is 3.78. The second-order valence-corrected chi connectivity index (χ2v) is 10.2. The van der Waals surface area contributed by atoms with Crippen LogP contribution in [0.5, 0.6) is 11.5 Å². The minimum absolute atomic E-state index is 0.0343. The van der Waals surface area contributed by atoms with Gasteiger partial charge in [0.15, 0.2) is 23.0 Å². The third-order valence-electron chi connectivity index (χ3n) is 7.56. The van der Waals surface area contributed by atoms with Crippen molar-refractivity contribution in [1.29, 1.82) is 0 Å². The van der Waals surface area contributed by atoms with Crippen LogP contribution in [0.1, 0.15) is 31.4 Å². The Morgan fingerprint density at radius 2 is 1.82 bits per heavy atom. The molecule has 2 bridgehead atoms. The Bertz CT molecular complexity index is 1720. The summed E-state index contributed by atoms with van der Waals surface area (Å²) in [7, 11) is 0. The van der Waals surface area contributed by atoms with Crippen molar-refractivity contribution in [3.8, 4) is 28.4 Å². The van der Waals surface area contributed by atoms with Crippen molar-refractivity contribution in [3.05, 3.63) is 64.1 Å². The van der Waals surface area contributed by atoms with E-state index in [2.05, 4.69) is 20.3 Å².